The van der Waals surface area contributed by atoms with Gasteiger partial charge in [0.1, 0.15) is 0 Å². The topological polar surface area (TPSA) is 55.2 Å². The van der Waals surface area contributed by atoms with Gasteiger partial charge in [0.05, 0.1) is 5.60 Å². The third-order valence-corrected chi connectivity index (χ3v) is 7.46. The zero-order valence-electron chi connectivity index (χ0n) is 28.9. The molecule has 0 aromatic carbocycles. The Morgan fingerprint density at radius 2 is 1.39 bits per heavy atom. The molecule has 232 valence electrons. The summed E-state index contributed by atoms with van der Waals surface area (Å²) in [7, 11) is 0. The Bertz CT molecular complexity index is 513. The summed E-state index contributed by atoms with van der Waals surface area (Å²) in [4.78, 5) is 0. The zero-order chi connectivity index (χ0) is 29.2. The van der Waals surface area contributed by atoms with Crippen molar-refractivity contribution in [2.24, 2.45) is 17.3 Å². The SMILES string of the molecule is C/C=C\C.CC.CCCCC1CC(C)(C)C[C@@H]1C.CCCCCCC/C=C(\CCC)CC(C)(O)CCC.N. The Morgan fingerprint density at radius 3 is 1.82 bits per heavy atom. The van der Waals surface area contributed by atoms with Crippen molar-refractivity contribution in [2.75, 3.05) is 0 Å². The van der Waals surface area contributed by atoms with Crippen LogP contribution in [0.4, 0.5) is 0 Å². The number of unbranched alkanes of at least 4 members (excludes halogenated alkanes) is 6. The normalized spacial score (nSPS) is 19.7. The summed E-state index contributed by atoms with van der Waals surface area (Å²) in [5, 5.41) is 10.3. The van der Waals surface area contributed by atoms with Gasteiger partial charge in [0.25, 0.3) is 0 Å². The van der Waals surface area contributed by atoms with Crippen LogP contribution in [0.1, 0.15) is 186 Å². The maximum atomic E-state index is 10.3. The number of hydrogen-bond acceptors (Lipinski definition) is 2. The molecule has 2 nitrogen and oxygen atoms in total. The van der Waals surface area contributed by atoms with Gasteiger partial charge in [-0.15, -0.1) is 0 Å². The van der Waals surface area contributed by atoms with E-state index in [0.717, 1.165) is 37.5 Å². The lowest BCUT2D eigenvalue weighted by atomic mass is 9.89. The average molecular weight is 540 g/mol. The molecule has 0 aliphatic heterocycles. The second-order valence-electron chi connectivity index (χ2n) is 12.4. The van der Waals surface area contributed by atoms with Crippen LogP contribution in [0.25, 0.3) is 0 Å². The molecule has 1 rings (SSSR count). The van der Waals surface area contributed by atoms with E-state index in [4.69, 9.17) is 0 Å². The molecule has 0 bridgehead atoms. The van der Waals surface area contributed by atoms with Crippen molar-refractivity contribution in [2.45, 2.75) is 191 Å². The van der Waals surface area contributed by atoms with E-state index in [2.05, 4.69) is 54.5 Å². The zero-order valence-corrected chi connectivity index (χ0v) is 28.9. The molecule has 3 atom stereocenters. The molecule has 4 N–H and O–H groups in total. The van der Waals surface area contributed by atoms with Crippen LogP contribution < -0.4 is 6.15 Å². The molecule has 2 unspecified atom stereocenters. The van der Waals surface area contributed by atoms with Gasteiger partial charge in [0.15, 0.2) is 0 Å². The molecule has 0 spiro atoms. The monoisotopic (exact) mass is 540 g/mol. The quantitative estimate of drug-likeness (QED) is 0.160. The number of rotatable bonds is 15. The van der Waals surface area contributed by atoms with E-state index in [1.165, 1.54) is 82.6 Å². The molecular formula is C36H77NO. The first-order chi connectivity index (χ1) is 17.5. The van der Waals surface area contributed by atoms with E-state index < -0.39 is 5.60 Å². The Balaban J connectivity index is -0.000000259. The van der Waals surface area contributed by atoms with Crippen LogP contribution in [0.3, 0.4) is 0 Å². The highest BCUT2D eigenvalue weighted by molar-refractivity contribution is 5.06. The van der Waals surface area contributed by atoms with Crippen LogP contribution in [-0.4, -0.2) is 10.7 Å². The third-order valence-electron chi connectivity index (χ3n) is 7.46. The minimum absolute atomic E-state index is 0. The van der Waals surface area contributed by atoms with Crippen LogP contribution in [0.15, 0.2) is 23.8 Å². The maximum Gasteiger partial charge on any atom is 0.0656 e. The van der Waals surface area contributed by atoms with Crippen LogP contribution in [-0.2, 0) is 0 Å². The molecule has 38 heavy (non-hydrogen) atoms. The summed E-state index contributed by atoms with van der Waals surface area (Å²) in [5.74, 6) is 2.01. The lowest BCUT2D eigenvalue weighted by Crippen LogP contribution is -2.24. The summed E-state index contributed by atoms with van der Waals surface area (Å²) >= 11 is 0. The number of allylic oxidation sites excluding steroid dienone is 3. The molecule has 0 aromatic heterocycles. The Hall–Kier alpha value is -0.600. The highest BCUT2D eigenvalue weighted by Crippen LogP contribution is 2.46. The van der Waals surface area contributed by atoms with Crippen LogP contribution in [0, 0.1) is 17.3 Å². The summed E-state index contributed by atoms with van der Waals surface area (Å²) in [6, 6.07) is 0. The van der Waals surface area contributed by atoms with Gasteiger partial charge in [-0.25, -0.2) is 0 Å². The third kappa shape index (κ3) is 28.4. The van der Waals surface area contributed by atoms with Crippen LogP contribution in [0.2, 0.25) is 0 Å². The van der Waals surface area contributed by atoms with Crippen LogP contribution >= 0.6 is 0 Å². The van der Waals surface area contributed by atoms with Crippen molar-refractivity contribution < 1.29 is 5.11 Å². The molecule has 0 radical (unpaired) electrons. The highest BCUT2D eigenvalue weighted by atomic mass is 16.3. The predicted molar refractivity (Wildman–Crippen MR) is 179 cm³/mol. The van der Waals surface area contributed by atoms with Gasteiger partial charge in [-0.05, 0) is 83.0 Å². The van der Waals surface area contributed by atoms with E-state index in [-0.39, 0.29) is 6.15 Å². The second-order valence-corrected chi connectivity index (χ2v) is 12.4. The van der Waals surface area contributed by atoms with E-state index in [1.807, 2.05) is 46.8 Å². The minimum Gasteiger partial charge on any atom is -0.390 e. The molecule has 2 heteroatoms. The van der Waals surface area contributed by atoms with Gasteiger partial charge < -0.3 is 11.3 Å². The molecule has 1 aliphatic carbocycles. The van der Waals surface area contributed by atoms with E-state index in [9.17, 15) is 5.11 Å². The summed E-state index contributed by atoms with van der Waals surface area (Å²) in [5.41, 5.74) is 1.60. The minimum atomic E-state index is -0.502. The van der Waals surface area contributed by atoms with Crippen molar-refractivity contribution in [1.82, 2.24) is 6.15 Å². The molecule has 1 fully saturated rings. The first-order valence-electron chi connectivity index (χ1n) is 16.5. The molecule has 1 saturated carbocycles. The standard InChI is InChI=1S/C18H36O.C12H24.C4H8.C2H6.H3N/c1-5-8-9-10-11-12-14-17(13-6-2)16-18(4,19)15-7-3;1-5-6-7-11-9-12(3,4)8-10(11)2;1-3-4-2;1-2;/h14,19H,5-13,15-16H2,1-4H3;10-11H,5-9H2,1-4H3;3-4H,1-2H3;1-2H3;1H3/b17-14+;;4-3-;;/t;10-,11?;;;/m.0.../s1. The first-order valence-corrected chi connectivity index (χ1v) is 16.5. The lowest BCUT2D eigenvalue weighted by Gasteiger charge is -2.24. The Labute approximate surface area is 243 Å². The number of aliphatic hydroxyl groups is 1. The van der Waals surface area contributed by atoms with Crippen LogP contribution in [0.5, 0.6) is 0 Å². The van der Waals surface area contributed by atoms with Gasteiger partial charge in [0, 0.05) is 0 Å². The average Bonchev–Trinajstić information content (AvgIpc) is 3.12. The van der Waals surface area contributed by atoms with Gasteiger partial charge in [-0.2, -0.15) is 0 Å². The fourth-order valence-corrected chi connectivity index (χ4v) is 5.64. The van der Waals surface area contributed by atoms with Gasteiger partial charge in [-0.3, -0.25) is 0 Å². The Morgan fingerprint density at radius 1 is 0.842 bits per heavy atom. The summed E-state index contributed by atoms with van der Waals surface area (Å²) in [6.45, 7) is 26.2. The van der Waals surface area contributed by atoms with E-state index in [0.29, 0.717) is 5.41 Å². The summed E-state index contributed by atoms with van der Waals surface area (Å²) < 4.78 is 0. The van der Waals surface area contributed by atoms with Gasteiger partial charge in [0.2, 0.25) is 0 Å². The van der Waals surface area contributed by atoms with E-state index >= 15 is 0 Å². The Kier molecular flexibility index (Phi) is 34.3. The maximum absolute atomic E-state index is 10.3. The fourth-order valence-electron chi connectivity index (χ4n) is 5.64. The summed E-state index contributed by atoms with van der Waals surface area (Å²) in [6.07, 6.45) is 26.7. The molecule has 0 aromatic rings. The second kappa shape index (κ2) is 29.4. The van der Waals surface area contributed by atoms with Crippen molar-refractivity contribution in [3.63, 3.8) is 0 Å². The smallest absolute Gasteiger partial charge is 0.0656 e. The molecule has 0 heterocycles. The molecule has 1 aliphatic rings. The van der Waals surface area contributed by atoms with E-state index in [1.54, 1.807) is 0 Å². The highest BCUT2D eigenvalue weighted by Gasteiger charge is 2.35. The molecule has 0 saturated heterocycles. The van der Waals surface area contributed by atoms with Gasteiger partial charge >= 0.3 is 0 Å². The van der Waals surface area contributed by atoms with Crippen molar-refractivity contribution in [3.8, 4) is 0 Å². The van der Waals surface area contributed by atoms with Gasteiger partial charge in [-0.1, -0.05) is 144 Å². The first kappa shape index (κ1) is 44.4. The van der Waals surface area contributed by atoms with Crippen molar-refractivity contribution >= 4 is 0 Å². The largest absolute Gasteiger partial charge is 0.390 e. The lowest BCUT2D eigenvalue weighted by molar-refractivity contribution is 0.0497. The van der Waals surface area contributed by atoms with Crippen molar-refractivity contribution in [3.05, 3.63) is 23.8 Å². The van der Waals surface area contributed by atoms with Crippen molar-refractivity contribution in [1.29, 1.82) is 0 Å². The predicted octanol–water partition coefficient (Wildman–Crippen LogP) is 13.0. The number of hydrogen-bond donors (Lipinski definition) is 2. The molecule has 0 amide bonds. The molecular weight excluding hydrogens is 462 g/mol. The fraction of sp³-hybridized carbons (Fsp3) is 0.889.